The van der Waals surface area contributed by atoms with Gasteiger partial charge in [-0.25, -0.2) is 0 Å². The highest BCUT2D eigenvalue weighted by Gasteiger charge is 2.40. The Morgan fingerprint density at radius 2 is 1.84 bits per heavy atom. The van der Waals surface area contributed by atoms with Gasteiger partial charge >= 0.3 is 0 Å². The molecule has 2 aliphatic rings. The minimum atomic E-state index is -0.645. The second-order valence-electron chi connectivity index (χ2n) is 7.83. The highest BCUT2D eigenvalue weighted by Crippen LogP contribution is 2.38. The van der Waals surface area contributed by atoms with Crippen molar-refractivity contribution in [2.45, 2.75) is 31.3 Å². The third-order valence-electron chi connectivity index (χ3n) is 5.62. The van der Waals surface area contributed by atoms with E-state index < -0.39 is 6.04 Å². The molecule has 1 N–H and O–H groups in total. The number of anilines is 1. The standard InChI is InChI=1S/C24H19Cl2N3O2/c25-16-6-9-21-18(12-16)23(15-5-10-22(30)27-13-15)28-20(24(31)29(21)17-7-8-17)11-14-3-1-2-4-19(14)26/h1-6,9-10,12-13,17,20H,7-8,11H2,(H,27,30). The number of rotatable bonds is 4. The largest absolute Gasteiger partial charge is 0.328 e. The lowest BCUT2D eigenvalue weighted by atomic mass is 10.0. The van der Waals surface area contributed by atoms with Crippen LogP contribution >= 0.6 is 23.2 Å². The van der Waals surface area contributed by atoms with Crippen LogP contribution in [0.5, 0.6) is 0 Å². The smallest absolute Gasteiger partial charge is 0.252 e. The Morgan fingerprint density at radius 1 is 1.03 bits per heavy atom. The normalized spacial score (nSPS) is 18.4. The monoisotopic (exact) mass is 451 g/mol. The number of hydrogen-bond acceptors (Lipinski definition) is 3. The first-order chi connectivity index (χ1) is 15.0. The molecular formula is C24H19Cl2N3O2. The van der Waals surface area contributed by atoms with Crippen molar-refractivity contribution >= 4 is 40.5 Å². The molecule has 3 aromatic rings. The Kier molecular flexibility index (Phi) is 5.16. The number of hydrogen-bond donors (Lipinski definition) is 1. The Bertz CT molecular complexity index is 1240. The lowest BCUT2D eigenvalue weighted by Gasteiger charge is -2.25. The van der Waals surface area contributed by atoms with Crippen LogP contribution in [0.3, 0.4) is 0 Å². The first kappa shape index (κ1) is 20.0. The molecule has 5 nitrogen and oxygen atoms in total. The average molecular weight is 452 g/mol. The van der Waals surface area contributed by atoms with Gasteiger partial charge in [-0.1, -0.05) is 41.4 Å². The summed E-state index contributed by atoms with van der Waals surface area (Å²) in [6.45, 7) is 0. The van der Waals surface area contributed by atoms with Crippen molar-refractivity contribution in [3.05, 3.63) is 97.9 Å². The van der Waals surface area contributed by atoms with Crippen LogP contribution in [0.1, 0.15) is 29.5 Å². The van der Waals surface area contributed by atoms with E-state index in [-0.39, 0.29) is 17.5 Å². The lowest BCUT2D eigenvalue weighted by Crippen LogP contribution is -2.40. The number of nitrogens with zero attached hydrogens (tertiary/aromatic N) is 2. The van der Waals surface area contributed by atoms with E-state index in [9.17, 15) is 9.59 Å². The number of halogens is 2. The van der Waals surface area contributed by atoms with Gasteiger partial charge in [0.2, 0.25) is 5.56 Å². The van der Waals surface area contributed by atoms with E-state index in [4.69, 9.17) is 28.2 Å². The maximum atomic E-state index is 13.7. The molecule has 1 atom stereocenters. The number of pyridine rings is 1. The summed E-state index contributed by atoms with van der Waals surface area (Å²) in [4.78, 5) is 34.8. The highest BCUT2D eigenvalue weighted by atomic mass is 35.5. The minimum Gasteiger partial charge on any atom is -0.328 e. The van der Waals surface area contributed by atoms with Gasteiger partial charge in [0.05, 0.1) is 11.4 Å². The molecule has 1 fully saturated rings. The molecule has 7 heteroatoms. The lowest BCUT2D eigenvalue weighted by molar-refractivity contribution is -0.119. The predicted molar refractivity (Wildman–Crippen MR) is 124 cm³/mol. The SMILES string of the molecule is O=C1C(Cc2ccccc2Cl)N=C(c2ccc(=O)[nH]c2)c2cc(Cl)ccc2N1C1CC1. The van der Waals surface area contributed by atoms with Crippen molar-refractivity contribution in [3.63, 3.8) is 0 Å². The fraction of sp³-hybridized carbons (Fsp3) is 0.208. The summed E-state index contributed by atoms with van der Waals surface area (Å²) in [5.74, 6) is -0.0505. The molecule has 0 bridgehead atoms. The summed E-state index contributed by atoms with van der Waals surface area (Å²) in [6, 6.07) is 15.7. The second-order valence-corrected chi connectivity index (χ2v) is 8.68. The van der Waals surface area contributed by atoms with Gasteiger partial charge in [-0.05, 0) is 48.7 Å². The van der Waals surface area contributed by atoms with Gasteiger partial charge < -0.3 is 9.88 Å². The van der Waals surface area contributed by atoms with E-state index in [2.05, 4.69) is 4.98 Å². The van der Waals surface area contributed by atoms with Crippen molar-refractivity contribution in [1.82, 2.24) is 4.98 Å². The number of H-pyrrole nitrogens is 1. The number of aliphatic imine (C=N–C) groups is 1. The van der Waals surface area contributed by atoms with Gasteiger partial charge in [0.15, 0.2) is 0 Å². The van der Waals surface area contributed by atoms with E-state index in [0.29, 0.717) is 22.2 Å². The quantitative estimate of drug-likeness (QED) is 0.627. The van der Waals surface area contributed by atoms with E-state index in [1.807, 2.05) is 41.3 Å². The molecule has 0 radical (unpaired) electrons. The molecule has 2 aromatic carbocycles. The average Bonchev–Trinajstić information content (AvgIpc) is 3.59. The second kappa shape index (κ2) is 7.98. The van der Waals surface area contributed by atoms with Gasteiger partial charge in [-0.15, -0.1) is 0 Å². The van der Waals surface area contributed by atoms with Crippen LogP contribution in [-0.2, 0) is 11.2 Å². The Hall–Kier alpha value is -2.89. The third-order valence-corrected chi connectivity index (χ3v) is 6.23. The van der Waals surface area contributed by atoms with E-state index in [0.717, 1.165) is 35.2 Å². The van der Waals surface area contributed by atoms with Crippen molar-refractivity contribution in [2.75, 3.05) is 4.90 Å². The summed E-state index contributed by atoms with van der Waals surface area (Å²) >= 11 is 12.7. The first-order valence-corrected chi connectivity index (χ1v) is 10.9. The third kappa shape index (κ3) is 3.91. The van der Waals surface area contributed by atoms with Gasteiger partial charge in [0, 0.05) is 45.9 Å². The molecule has 1 unspecified atom stereocenters. The summed E-state index contributed by atoms with van der Waals surface area (Å²) in [7, 11) is 0. The predicted octanol–water partition coefficient (Wildman–Crippen LogP) is 4.64. The van der Waals surface area contributed by atoms with Crippen LogP contribution in [0.25, 0.3) is 0 Å². The first-order valence-electron chi connectivity index (χ1n) is 10.1. The molecule has 1 amide bonds. The fourth-order valence-electron chi connectivity index (χ4n) is 3.97. The Labute approximate surface area is 189 Å². The number of aromatic nitrogens is 1. The molecule has 1 aromatic heterocycles. The van der Waals surface area contributed by atoms with Crippen molar-refractivity contribution in [2.24, 2.45) is 4.99 Å². The summed E-state index contributed by atoms with van der Waals surface area (Å²) in [5, 5.41) is 1.17. The Morgan fingerprint density at radius 3 is 2.55 bits per heavy atom. The molecule has 1 saturated carbocycles. The zero-order chi connectivity index (χ0) is 21.5. The minimum absolute atomic E-state index is 0.0505. The number of benzene rings is 2. The van der Waals surface area contributed by atoms with E-state index in [1.165, 1.54) is 6.07 Å². The number of nitrogens with one attached hydrogen (secondary N) is 1. The number of carbonyl (C=O) groups is 1. The van der Waals surface area contributed by atoms with Crippen molar-refractivity contribution in [3.8, 4) is 0 Å². The number of fused-ring (bicyclic) bond motifs is 1. The number of aromatic amines is 1. The molecule has 5 rings (SSSR count). The zero-order valence-corrected chi connectivity index (χ0v) is 18.0. The van der Waals surface area contributed by atoms with Crippen molar-refractivity contribution < 1.29 is 4.79 Å². The van der Waals surface area contributed by atoms with Gasteiger partial charge in [0.25, 0.3) is 5.91 Å². The van der Waals surface area contributed by atoms with Gasteiger partial charge in [-0.2, -0.15) is 0 Å². The summed E-state index contributed by atoms with van der Waals surface area (Å²) in [5.41, 5.74) is 3.59. The maximum absolute atomic E-state index is 13.7. The van der Waals surface area contributed by atoms with E-state index in [1.54, 1.807) is 18.3 Å². The van der Waals surface area contributed by atoms with Crippen LogP contribution in [0.15, 0.2) is 70.6 Å². The highest BCUT2D eigenvalue weighted by molar-refractivity contribution is 6.32. The van der Waals surface area contributed by atoms with Gasteiger partial charge in [0.1, 0.15) is 6.04 Å². The molecule has 1 aliphatic carbocycles. The fourth-order valence-corrected chi connectivity index (χ4v) is 4.36. The molecule has 31 heavy (non-hydrogen) atoms. The van der Waals surface area contributed by atoms with Crippen LogP contribution in [0, 0.1) is 0 Å². The molecule has 2 heterocycles. The van der Waals surface area contributed by atoms with Gasteiger partial charge in [-0.3, -0.25) is 14.6 Å². The molecule has 0 spiro atoms. The summed E-state index contributed by atoms with van der Waals surface area (Å²) in [6.07, 6.45) is 3.92. The maximum Gasteiger partial charge on any atom is 0.252 e. The zero-order valence-electron chi connectivity index (χ0n) is 16.5. The topological polar surface area (TPSA) is 65.5 Å². The molecule has 156 valence electrons. The number of amides is 1. The summed E-state index contributed by atoms with van der Waals surface area (Å²) < 4.78 is 0. The van der Waals surface area contributed by atoms with Crippen LogP contribution < -0.4 is 10.5 Å². The van der Waals surface area contributed by atoms with Crippen LogP contribution in [0.2, 0.25) is 10.0 Å². The molecular weight excluding hydrogens is 433 g/mol. The Balaban J connectivity index is 1.70. The van der Waals surface area contributed by atoms with E-state index >= 15 is 0 Å². The number of benzodiazepines with no additional fused rings is 1. The number of carbonyl (C=O) groups excluding carboxylic acids is 1. The van der Waals surface area contributed by atoms with Crippen LogP contribution in [-0.4, -0.2) is 28.7 Å². The molecule has 1 aliphatic heterocycles. The van der Waals surface area contributed by atoms with Crippen LogP contribution in [0.4, 0.5) is 5.69 Å². The molecule has 0 saturated heterocycles. The van der Waals surface area contributed by atoms with Crippen molar-refractivity contribution in [1.29, 1.82) is 0 Å².